The minimum Gasteiger partial charge on any atom is -0.481 e. The lowest BCUT2D eigenvalue weighted by Gasteiger charge is -2.30. The fraction of sp³-hybridized carbons (Fsp3) is 0.818. The molecule has 4 atom stereocenters. The number of aliphatic carboxylic acids is 1. The van der Waals surface area contributed by atoms with E-state index in [1.54, 1.807) is 11.8 Å². The molecule has 2 saturated heterocycles. The lowest BCUT2D eigenvalue weighted by Crippen LogP contribution is -2.46. The van der Waals surface area contributed by atoms with Crippen LogP contribution in [-0.4, -0.2) is 51.4 Å². The zero-order valence-electron chi connectivity index (χ0n) is 9.89. The number of amides is 1. The molecule has 102 valence electrons. The molecule has 2 heterocycles. The highest BCUT2D eigenvalue weighted by atomic mass is 79.9. The second-order valence-corrected chi connectivity index (χ2v) is 7.19. The molecular weight excluding hydrogens is 320 g/mol. The number of carbonyl (C=O) groups is 2. The van der Waals surface area contributed by atoms with Crippen molar-refractivity contribution in [2.75, 3.05) is 13.1 Å². The average Bonchev–Trinajstić information content (AvgIpc) is 2.74. The molecule has 2 rings (SSSR count). The minimum absolute atomic E-state index is 0.0185. The smallest absolute Gasteiger partial charge is 0.305 e. The van der Waals surface area contributed by atoms with Crippen molar-refractivity contribution in [3.05, 3.63) is 0 Å². The monoisotopic (exact) mass is 336 g/mol. The highest BCUT2D eigenvalue weighted by Crippen LogP contribution is 2.41. The second-order valence-electron chi connectivity index (χ2n) is 4.63. The van der Waals surface area contributed by atoms with Crippen LogP contribution < -0.4 is 10.6 Å². The summed E-state index contributed by atoms with van der Waals surface area (Å²) in [5, 5.41) is 15.0. The molecule has 7 heteroatoms. The van der Waals surface area contributed by atoms with Crippen molar-refractivity contribution >= 4 is 39.6 Å². The van der Waals surface area contributed by atoms with Crippen LogP contribution in [0.15, 0.2) is 0 Å². The predicted molar refractivity (Wildman–Crippen MR) is 74.2 cm³/mol. The summed E-state index contributed by atoms with van der Waals surface area (Å²) in [4.78, 5) is 22.7. The van der Waals surface area contributed by atoms with Gasteiger partial charge in [0.15, 0.2) is 0 Å². The predicted octanol–water partition coefficient (Wildman–Crippen LogP) is 0.577. The van der Waals surface area contributed by atoms with Crippen molar-refractivity contribution < 1.29 is 14.7 Å². The first-order valence-corrected chi connectivity index (χ1v) is 7.96. The molecule has 1 amide bonds. The van der Waals surface area contributed by atoms with Gasteiger partial charge in [-0.05, 0) is 19.4 Å². The van der Waals surface area contributed by atoms with E-state index in [-0.39, 0.29) is 24.1 Å². The van der Waals surface area contributed by atoms with Crippen LogP contribution in [0.5, 0.6) is 0 Å². The number of hydrogen-bond acceptors (Lipinski definition) is 4. The average molecular weight is 337 g/mol. The lowest BCUT2D eigenvalue weighted by molar-refractivity contribution is -0.136. The van der Waals surface area contributed by atoms with Gasteiger partial charge in [0.25, 0.3) is 0 Å². The molecule has 2 aliphatic heterocycles. The molecule has 5 nitrogen and oxygen atoms in total. The van der Waals surface area contributed by atoms with Crippen LogP contribution in [0.2, 0.25) is 0 Å². The number of rotatable bonds is 4. The van der Waals surface area contributed by atoms with E-state index in [9.17, 15) is 9.59 Å². The number of fused-ring (bicyclic) bond motifs is 1. The zero-order valence-corrected chi connectivity index (χ0v) is 12.3. The summed E-state index contributed by atoms with van der Waals surface area (Å²) in [6.45, 7) is 1.21. The van der Waals surface area contributed by atoms with E-state index in [4.69, 9.17) is 5.11 Å². The van der Waals surface area contributed by atoms with E-state index in [1.807, 2.05) is 0 Å². The second kappa shape index (κ2) is 6.25. The van der Waals surface area contributed by atoms with E-state index in [1.165, 1.54) is 0 Å². The molecule has 0 aromatic heterocycles. The maximum atomic E-state index is 11.9. The number of piperidine rings is 1. The maximum absolute atomic E-state index is 11.9. The van der Waals surface area contributed by atoms with Gasteiger partial charge in [-0.2, -0.15) is 0 Å². The number of nitrogens with one attached hydrogen (secondary N) is 2. The summed E-state index contributed by atoms with van der Waals surface area (Å²) >= 11 is 5.37. The molecule has 0 bridgehead atoms. The Labute approximate surface area is 119 Å². The van der Waals surface area contributed by atoms with Gasteiger partial charge in [-0.3, -0.25) is 9.59 Å². The van der Waals surface area contributed by atoms with Gasteiger partial charge in [0.05, 0.1) is 11.7 Å². The molecule has 0 aliphatic carbocycles. The van der Waals surface area contributed by atoms with E-state index >= 15 is 0 Å². The summed E-state index contributed by atoms with van der Waals surface area (Å²) in [5.74, 6) is -0.914. The molecule has 3 N–H and O–H groups in total. The Morgan fingerprint density at radius 2 is 2.28 bits per heavy atom. The van der Waals surface area contributed by atoms with Crippen molar-refractivity contribution in [1.29, 1.82) is 0 Å². The standard InChI is InChI=1S/C11H17BrN2O3S/c12-6-1-3-13-7-5-8(18-10(6)7)11(17)14-4-2-9(15)16/h6-8,10,13H,1-5H2,(H,14,17)(H,15,16). The number of carboxylic acids is 1. The Bertz CT molecular complexity index is 342. The summed E-state index contributed by atoms with van der Waals surface area (Å²) in [6, 6.07) is 0.392. The van der Waals surface area contributed by atoms with Crippen LogP contribution in [0.1, 0.15) is 19.3 Å². The molecule has 4 unspecified atom stereocenters. The SMILES string of the molecule is O=C(O)CCNC(=O)C1CC2NCCC(Br)C2S1. The summed E-state index contributed by atoms with van der Waals surface area (Å²) < 4.78 is 0. The minimum atomic E-state index is -0.884. The van der Waals surface area contributed by atoms with Crippen LogP contribution in [0.4, 0.5) is 0 Å². The largest absolute Gasteiger partial charge is 0.481 e. The maximum Gasteiger partial charge on any atom is 0.305 e. The van der Waals surface area contributed by atoms with Crippen LogP contribution in [0, 0.1) is 0 Å². The van der Waals surface area contributed by atoms with Crippen LogP contribution in [-0.2, 0) is 9.59 Å². The third-order valence-electron chi connectivity index (χ3n) is 3.30. The molecule has 18 heavy (non-hydrogen) atoms. The molecule has 0 aromatic carbocycles. The third-order valence-corrected chi connectivity index (χ3v) is 6.38. The highest BCUT2D eigenvalue weighted by Gasteiger charge is 2.43. The Balaban J connectivity index is 1.80. The van der Waals surface area contributed by atoms with Crippen LogP contribution >= 0.6 is 27.7 Å². The van der Waals surface area contributed by atoms with Crippen LogP contribution in [0.25, 0.3) is 0 Å². The van der Waals surface area contributed by atoms with E-state index in [2.05, 4.69) is 26.6 Å². The van der Waals surface area contributed by atoms with Gasteiger partial charge in [-0.1, -0.05) is 15.9 Å². The lowest BCUT2D eigenvalue weighted by atomic mass is 10.0. The van der Waals surface area contributed by atoms with E-state index in [0.717, 1.165) is 19.4 Å². The highest BCUT2D eigenvalue weighted by molar-refractivity contribution is 9.09. The summed E-state index contributed by atoms with van der Waals surface area (Å²) in [6.07, 6.45) is 1.90. The van der Waals surface area contributed by atoms with Crippen molar-refractivity contribution in [3.63, 3.8) is 0 Å². The Morgan fingerprint density at radius 3 is 2.94 bits per heavy atom. The number of hydrogen-bond donors (Lipinski definition) is 3. The Hall–Kier alpha value is -0.270. The Kier molecular flexibility index (Phi) is 4.91. The van der Waals surface area contributed by atoms with Crippen molar-refractivity contribution in [2.24, 2.45) is 0 Å². The fourth-order valence-corrected chi connectivity index (χ4v) is 4.97. The quantitative estimate of drug-likeness (QED) is 0.654. The van der Waals surface area contributed by atoms with Gasteiger partial charge in [0.2, 0.25) is 5.91 Å². The molecule has 0 saturated carbocycles. The first-order valence-electron chi connectivity index (χ1n) is 6.10. The molecule has 0 aromatic rings. The van der Waals surface area contributed by atoms with Crippen molar-refractivity contribution in [1.82, 2.24) is 10.6 Å². The number of alkyl halides is 1. The first kappa shape index (κ1) is 14.1. The van der Waals surface area contributed by atoms with Crippen molar-refractivity contribution in [2.45, 2.75) is 40.6 Å². The number of carbonyl (C=O) groups excluding carboxylic acids is 1. The normalized spacial score (nSPS) is 34.9. The van der Waals surface area contributed by atoms with Gasteiger partial charge in [0.1, 0.15) is 0 Å². The first-order chi connectivity index (χ1) is 8.58. The van der Waals surface area contributed by atoms with E-state index < -0.39 is 5.97 Å². The number of carboxylic acid groups (broad SMARTS) is 1. The van der Waals surface area contributed by atoms with Crippen molar-refractivity contribution in [3.8, 4) is 0 Å². The topological polar surface area (TPSA) is 78.4 Å². The third kappa shape index (κ3) is 3.39. The van der Waals surface area contributed by atoms with Gasteiger partial charge in [0, 0.05) is 22.7 Å². The van der Waals surface area contributed by atoms with Crippen LogP contribution in [0.3, 0.4) is 0 Å². The van der Waals surface area contributed by atoms with Gasteiger partial charge in [-0.15, -0.1) is 11.8 Å². The molecule has 2 fully saturated rings. The summed E-state index contributed by atoms with van der Waals surface area (Å²) in [5.41, 5.74) is 0. The number of halogens is 1. The van der Waals surface area contributed by atoms with Gasteiger partial charge < -0.3 is 15.7 Å². The Morgan fingerprint density at radius 1 is 1.50 bits per heavy atom. The molecule has 0 spiro atoms. The van der Waals surface area contributed by atoms with E-state index in [0.29, 0.717) is 16.1 Å². The molecule has 2 aliphatic rings. The molecular formula is C11H17BrN2O3S. The zero-order chi connectivity index (χ0) is 13.1. The summed E-state index contributed by atoms with van der Waals surface area (Å²) in [7, 11) is 0. The van der Waals surface area contributed by atoms with Gasteiger partial charge >= 0.3 is 5.97 Å². The molecule has 0 radical (unpaired) electrons. The van der Waals surface area contributed by atoms with Gasteiger partial charge in [-0.25, -0.2) is 0 Å². The fourth-order valence-electron chi connectivity index (χ4n) is 2.39. The number of thioether (sulfide) groups is 1.